The van der Waals surface area contributed by atoms with Gasteiger partial charge in [0.1, 0.15) is 0 Å². The van der Waals surface area contributed by atoms with Crippen molar-refractivity contribution in [2.45, 2.75) is 37.6 Å². The number of nitrogens with two attached hydrogens (primary N) is 1. The molecule has 0 radical (unpaired) electrons. The van der Waals surface area contributed by atoms with Gasteiger partial charge in [-0.15, -0.1) is 11.8 Å². The van der Waals surface area contributed by atoms with Gasteiger partial charge in [-0.25, -0.2) is 0 Å². The third-order valence-electron chi connectivity index (χ3n) is 3.75. The van der Waals surface area contributed by atoms with Crippen molar-refractivity contribution in [2.75, 3.05) is 18.8 Å². The lowest BCUT2D eigenvalue weighted by Crippen LogP contribution is -2.48. The van der Waals surface area contributed by atoms with E-state index in [4.69, 9.17) is 5.73 Å². The Hall–Kier alpha value is -1.00. The molecule has 1 aromatic rings. The topological polar surface area (TPSA) is 46.3 Å². The number of amides is 1. The fraction of sp³-hybridized carbons (Fsp3) is 0.562. The van der Waals surface area contributed by atoms with Crippen LogP contribution in [-0.2, 0) is 4.79 Å². The van der Waals surface area contributed by atoms with E-state index in [0.717, 1.165) is 31.7 Å². The van der Waals surface area contributed by atoms with Gasteiger partial charge in [-0.2, -0.15) is 0 Å². The molecule has 1 fully saturated rings. The summed E-state index contributed by atoms with van der Waals surface area (Å²) >= 11 is 1.75. The van der Waals surface area contributed by atoms with Gasteiger partial charge in [-0.1, -0.05) is 32.0 Å². The normalized spacial score (nSPS) is 17.2. The number of rotatable bonds is 4. The first-order valence-electron chi connectivity index (χ1n) is 7.22. The first-order valence-corrected chi connectivity index (χ1v) is 8.20. The Morgan fingerprint density at radius 2 is 1.90 bits per heavy atom. The number of nitrogens with zero attached hydrogens (tertiary/aromatic N) is 1. The molecule has 3 nitrogen and oxygen atoms in total. The third kappa shape index (κ3) is 4.00. The molecule has 0 bridgehead atoms. The van der Waals surface area contributed by atoms with Gasteiger partial charge in [0.15, 0.2) is 0 Å². The number of carbonyl (C=O) groups excluding carboxylic acids is 1. The number of carbonyl (C=O) groups is 1. The van der Waals surface area contributed by atoms with Crippen LogP contribution in [0.2, 0.25) is 0 Å². The monoisotopic (exact) mass is 292 g/mol. The maximum absolute atomic E-state index is 12.6. The molecule has 1 aliphatic heterocycles. The van der Waals surface area contributed by atoms with E-state index in [2.05, 4.69) is 12.1 Å². The Kier molecular flexibility index (Phi) is 5.11. The smallest absolute Gasteiger partial charge is 0.229 e. The Morgan fingerprint density at radius 1 is 1.30 bits per heavy atom. The standard InChI is InChI=1S/C16H24N2OS/c1-16(2,12-20-14-6-4-3-5-7-14)15(19)18-10-8-13(17)9-11-18/h3-7,13H,8-12,17H2,1-2H3. The van der Waals surface area contributed by atoms with Crippen LogP contribution < -0.4 is 5.73 Å². The Morgan fingerprint density at radius 3 is 2.50 bits per heavy atom. The molecule has 0 saturated carbocycles. The van der Waals surface area contributed by atoms with Crippen LogP contribution in [0.15, 0.2) is 35.2 Å². The van der Waals surface area contributed by atoms with Crippen molar-refractivity contribution >= 4 is 17.7 Å². The number of benzene rings is 1. The van der Waals surface area contributed by atoms with Crippen LogP contribution in [0, 0.1) is 5.41 Å². The molecule has 110 valence electrons. The summed E-state index contributed by atoms with van der Waals surface area (Å²) in [5, 5.41) is 0. The Labute approximate surface area is 125 Å². The third-order valence-corrected chi connectivity index (χ3v) is 5.22. The van der Waals surface area contributed by atoms with Gasteiger partial charge in [-0.05, 0) is 25.0 Å². The number of piperidine rings is 1. The van der Waals surface area contributed by atoms with E-state index >= 15 is 0 Å². The van der Waals surface area contributed by atoms with E-state index in [1.165, 1.54) is 4.90 Å². The number of likely N-dealkylation sites (tertiary alicyclic amines) is 1. The molecule has 1 heterocycles. The SMILES string of the molecule is CC(C)(CSc1ccccc1)C(=O)N1CCC(N)CC1. The summed E-state index contributed by atoms with van der Waals surface area (Å²) in [4.78, 5) is 15.8. The molecule has 0 aliphatic carbocycles. The molecule has 1 aliphatic rings. The van der Waals surface area contributed by atoms with Crippen LogP contribution in [-0.4, -0.2) is 35.7 Å². The largest absolute Gasteiger partial charge is 0.342 e. The molecule has 0 unspecified atom stereocenters. The summed E-state index contributed by atoms with van der Waals surface area (Å²) in [6, 6.07) is 10.5. The lowest BCUT2D eigenvalue weighted by molar-refractivity contribution is -0.140. The zero-order valence-corrected chi connectivity index (χ0v) is 13.2. The van der Waals surface area contributed by atoms with Crippen LogP contribution in [0.25, 0.3) is 0 Å². The lowest BCUT2D eigenvalue weighted by Gasteiger charge is -2.36. The minimum Gasteiger partial charge on any atom is -0.342 e. The van der Waals surface area contributed by atoms with Crippen molar-refractivity contribution < 1.29 is 4.79 Å². The van der Waals surface area contributed by atoms with E-state index in [9.17, 15) is 4.79 Å². The first-order chi connectivity index (χ1) is 9.49. The number of hydrogen-bond donors (Lipinski definition) is 1. The van der Waals surface area contributed by atoms with E-state index < -0.39 is 0 Å². The minimum atomic E-state index is -0.331. The molecule has 0 spiro atoms. The fourth-order valence-electron chi connectivity index (χ4n) is 2.37. The summed E-state index contributed by atoms with van der Waals surface area (Å²) in [5.74, 6) is 1.06. The summed E-state index contributed by atoms with van der Waals surface area (Å²) in [6.07, 6.45) is 1.85. The zero-order valence-electron chi connectivity index (χ0n) is 12.3. The second kappa shape index (κ2) is 6.64. The van der Waals surface area contributed by atoms with Gasteiger partial charge in [0.25, 0.3) is 0 Å². The molecule has 1 amide bonds. The Balaban J connectivity index is 1.90. The van der Waals surface area contributed by atoms with Crippen LogP contribution in [0.4, 0.5) is 0 Å². The average Bonchev–Trinajstić information content (AvgIpc) is 2.46. The summed E-state index contributed by atoms with van der Waals surface area (Å²) in [5.41, 5.74) is 5.57. The molecule has 0 atom stereocenters. The van der Waals surface area contributed by atoms with Crippen molar-refractivity contribution in [1.29, 1.82) is 0 Å². The van der Waals surface area contributed by atoms with Gasteiger partial charge in [-0.3, -0.25) is 4.79 Å². The zero-order chi connectivity index (χ0) is 14.6. The van der Waals surface area contributed by atoms with Gasteiger partial charge in [0.2, 0.25) is 5.91 Å². The molecule has 2 rings (SSSR count). The van der Waals surface area contributed by atoms with Crippen molar-refractivity contribution in [1.82, 2.24) is 4.90 Å². The van der Waals surface area contributed by atoms with E-state index in [1.54, 1.807) is 11.8 Å². The second-order valence-corrected chi connectivity index (χ2v) is 7.16. The fourth-order valence-corrected chi connectivity index (χ4v) is 3.37. The molecule has 2 N–H and O–H groups in total. The van der Waals surface area contributed by atoms with Gasteiger partial charge < -0.3 is 10.6 Å². The summed E-state index contributed by atoms with van der Waals surface area (Å²) < 4.78 is 0. The first kappa shape index (κ1) is 15.4. The summed E-state index contributed by atoms with van der Waals surface area (Å²) in [6.45, 7) is 5.69. The maximum Gasteiger partial charge on any atom is 0.229 e. The van der Waals surface area contributed by atoms with Gasteiger partial charge >= 0.3 is 0 Å². The van der Waals surface area contributed by atoms with E-state index in [1.807, 2.05) is 36.9 Å². The van der Waals surface area contributed by atoms with Crippen molar-refractivity contribution in [3.05, 3.63) is 30.3 Å². The number of hydrogen-bond acceptors (Lipinski definition) is 3. The highest BCUT2D eigenvalue weighted by Crippen LogP contribution is 2.30. The molecular formula is C16H24N2OS. The highest BCUT2D eigenvalue weighted by molar-refractivity contribution is 7.99. The lowest BCUT2D eigenvalue weighted by atomic mass is 9.92. The van der Waals surface area contributed by atoms with Crippen LogP contribution in [0.1, 0.15) is 26.7 Å². The molecular weight excluding hydrogens is 268 g/mol. The molecule has 4 heteroatoms. The predicted octanol–water partition coefficient (Wildman–Crippen LogP) is 2.75. The highest BCUT2D eigenvalue weighted by Gasteiger charge is 2.33. The summed E-state index contributed by atoms with van der Waals surface area (Å²) in [7, 11) is 0. The van der Waals surface area contributed by atoms with E-state index in [0.29, 0.717) is 0 Å². The van der Waals surface area contributed by atoms with Gasteiger partial charge in [0.05, 0.1) is 5.41 Å². The highest BCUT2D eigenvalue weighted by atomic mass is 32.2. The second-order valence-electron chi connectivity index (χ2n) is 6.12. The predicted molar refractivity (Wildman–Crippen MR) is 84.7 cm³/mol. The molecule has 0 aromatic heterocycles. The molecule has 1 aromatic carbocycles. The van der Waals surface area contributed by atoms with Crippen LogP contribution in [0.3, 0.4) is 0 Å². The van der Waals surface area contributed by atoms with E-state index in [-0.39, 0.29) is 17.4 Å². The van der Waals surface area contributed by atoms with Crippen molar-refractivity contribution in [2.24, 2.45) is 11.1 Å². The molecule has 20 heavy (non-hydrogen) atoms. The van der Waals surface area contributed by atoms with Crippen LogP contribution in [0.5, 0.6) is 0 Å². The van der Waals surface area contributed by atoms with Gasteiger partial charge in [0, 0.05) is 29.8 Å². The maximum atomic E-state index is 12.6. The minimum absolute atomic E-state index is 0.257. The quantitative estimate of drug-likeness (QED) is 0.868. The van der Waals surface area contributed by atoms with Crippen molar-refractivity contribution in [3.8, 4) is 0 Å². The van der Waals surface area contributed by atoms with Crippen LogP contribution >= 0.6 is 11.8 Å². The molecule has 1 saturated heterocycles. The Bertz CT molecular complexity index is 439. The van der Waals surface area contributed by atoms with Crippen molar-refractivity contribution in [3.63, 3.8) is 0 Å². The average molecular weight is 292 g/mol. The number of thioether (sulfide) groups is 1.